The zero-order valence-corrected chi connectivity index (χ0v) is 19.4. The molecule has 6 heteroatoms. The number of hydrogen-bond donors (Lipinski definition) is 1. The number of ether oxygens (including phenoxy) is 1. The minimum Gasteiger partial charge on any atom is -0.480 e. The number of benzene rings is 1. The normalized spacial score (nSPS) is 15.9. The molecule has 0 aliphatic heterocycles. The van der Waals surface area contributed by atoms with Crippen molar-refractivity contribution in [1.82, 2.24) is 19.7 Å². The molecule has 1 fully saturated rings. The highest BCUT2D eigenvalue weighted by Crippen LogP contribution is 2.37. The van der Waals surface area contributed by atoms with Crippen LogP contribution in [0.3, 0.4) is 0 Å². The fraction of sp³-hybridized carbons (Fsp3) is 0.520. The van der Waals surface area contributed by atoms with Crippen molar-refractivity contribution in [2.75, 3.05) is 7.11 Å². The SMILES string of the molecule is COc1nn(C)c(C)c1CNC(=O)c1c(C)n(C(C)C2CCCCC2)c2ccccc12. The van der Waals surface area contributed by atoms with Crippen molar-refractivity contribution in [2.24, 2.45) is 13.0 Å². The molecule has 1 unspecified atom stereocenters. The number of carbonyl (C=O) groups is 1. The lowest BCUT2D eigenvalue weighted by atomic mass is 9.84. The Balaban J connectivity index is 1.66. The molecule has 0 bridgehead atoms. The molecular weight excluding hydrogens is 388 g/mol. The number of hydrogen-bond acceptors (Lipinski definition) is 3. The van der Waals surface area contributed by atoms with E-state index < -0.39 is 0 Å². The van der Waals surface area contributed by atoms with Crippen LogP contribution >= 0.6 is 0 Å². The Bertz CT molecular complexity index is 1090. The van der Waals surface area contributed by atoms with E-state index in [-0.39, 0.29) is 5.91 Å². The molecule has 3 aromatic rings. The summed E-state index contributed by atoms with van der Waals surface area (Å²) in [4.78, 5) is 13.4. The van der Waals surface area contributed by atoms with E-state index in [9.17, 15) is 4.79 Å². The molecule has 1 aliphatic rings. The van der Waals surface area contributed by atoms with Crippen LogP contribution in [0.4, 0.5) is 0 Å². The molecule has 1 amide bonds. The van der Waals surface area contributed by atoms with E-state index in [1.54, 1.807) is 11.8 Å². The average molecular weight is 423 g/mol. The maximum Gasteiger partial charge on any atom is 0.254 e. The Morgan fingerprint density at radius 1 is 1.19 bits per heavy atom. The number of para-hydroxylation sites is 1. The zero-order valence-electron chi connectivity index (χ0n) is 19.4. The summed E-state index contributed by atoms with van der Waals surface area (Å²) in [7, 11) is 3.49. The van der Waals surface area contributed by atoms with Crippen LogP contribution in [0, 0.1) is 19.8 Å². The highest BCUT2D eigenvalue weighted by molar-refractivity contribution is 6.08. The number of rotatable bonds is 6. The van der Waals surface area contributed by atoms with Crippen LogP contribution in [-0.2, 0) is 13.6 Å². The Labute approximate surface area is 184 Å². The summed E-state index contributed by atoms with van der Waals surface area (Å²) >= 11 is 0. The van der Waals surface area contributed by atoms with Gasteiger partial charge in [0, 0.05) is 35.4 Å². The highest BCUT2D eigenvalue weighted by Gasteiger charge is 2.27. The minimum atomic E-state index is -0.0476. The van der Waals surface area contributed by atoms with Crippen molar-refractivity contribution in [3.8, 4) is 5.88 Å². The Morgan fingerprint density at radius 3 is 2.61 bits per heavy atom. The Kier molecular flexibility index (Phi) is 6.08. The van der Waals surface area contributed by atoms with Crippen LogP contribution in [0.15, 0.2) is 24.3 Å². The highest BCUT2D eigenvalue weighted by atomic mass is 16.5. The van der Waals surface area contributed by atoms with Crippen LogP contribution in [0.25, 0.3) is 10.9 Å². The lowest BCUT2D eigenvalue weighted by Gasteiger charge is -2.30. The molecule has 2 aromatic heterocycles. The van der Waals surface area contributed by atoms with Crippen molar-refractivity contribution < 1.29 is 9.53 Å². The van der Waals surface area contributed by atoms with Gasteiger partial charge in [-0.3, -0.25) is 9.48 Å². The molecular formula is C25H34N4O2. The van der Waals surface area contributed by atoms with E-state index in [2.05, 4.69) is 47.0 Å². The summed E-state index contributed by atoms with van der Waals surface area (Å²) in [5.41, 5.74) is 4.88. The van der Waals surface area contributed by atoms with E-state index >= 15 is 0 Å². The van der Waals surface area contributed by atoms with E-state index in [4.69, 9.17) is 4.74 Å². The maximum atomic E-state index is 13.4. The van der Waals surface area contributed by atoms with Gasteiger partial charge in [-0.2, -0.15) is 0 Å². The van der Waals surface area contributed by atoms with Gasteiger partial charge < -0.3 is 14.6 Å². The summed E-state index contributed by atoms with van der Waals surface area (Å²) in [5, 5.41) is 8.51. The van der Waals surface area contributed by atoms with Crippen molar-refractivity contribution in [3.63, 3.8) is 0 Å². The molecule has 31 heavy (non-hydrogen) atoms. The molecule has 1 atom stereocenters. The second-order valence-corrected chi connectivity index (χ2v) is 8.87. The van der Waals surface area contributed by atoms with Crippen LogP contribution in [0.2, 0.25) is 0 Å². The summed E-state index contributed by atoms with van der Waals surface area (Å²) in [6.07, 6.45) is 6.52. The fourth-order valence-corrected chi connectivity index (χ4v) is 5.28. The number of nitrogens with one attached hydrogen (secondary N) is 1. The van der Waals surface area contributed by atoms with Gasteiger partial charge in [-0.25, -0.2) is 0 Å². The topological polar surface area (TPSA) is 61.1 Å². The third kappa shape index (κ3) is 3.84. The molecule has 166 valence electrons. The fourth-order valence-electron chi connectivity index (χ4n) is 5.28. The quantitative estimate of drug-likeness (QED) is 0.603. The molecule has 0 radical (unpaired) electrons. The van der Waals surface area contributed by atoms with Crippen molar-refractivity contribution in [3.05, 3.63) is 46.8 Å². The van der Waals surface area contributed by atoms with Gasteiger partial charge in [0.15, 0.2) is 0 Å². The molecule has 0 saturated heterocycles. The summed E-state index contributed by atoms with van der Waals surface area (Å²) in [5.74, 6) is 1.18. The van der Waals surface area contributed by atoms with Gasteiger partial charge in [-0.05, 0) is 45.6 Å². The first kappa shape index (κ1) is 21.5. The number of aryl methyl sites for hydroxylation is 1. The van der Waals surface area contributed by atoms with Crippen molar-refractivity contribution in [1.29, 1.82) is 0 Å². The van der Waals surface area contributed by atoms with Crippen molar-refractivity contribution >= 4 is 16.8 Å². The number of fused-ring (bicyclic) bond motifs is 1. The second-order valence-electron chi connectivity index (χ2n) is 8.87. The van der Waals surface area contributed by atoms with Gasteiger partial charge >= 0.3 is 0 Å². The molecule has 0 spiro atoms. The largest absolute Gasteiger partial charge is 0.480 e. The van der Waals surface area contributed by atoms with Crippen LogP contribution in [-0.4, -0.2) is 27.4 Å². The van der Waals surface area contributed by atoms with Crippen molar-refractivity contribution in [2.45, 2.75) is 65.5 Å². The molecule has 1 aliphatic carbocycles. The summed E-state index contributed by atoms with van der Waals surface area (Å²) in [6.45, 7) is 6.78. The maximum absolute atomic E-state index is 13.4. The molecule has 4 rings (SSSR count). The van der Waals surface area contributed by atoms with Gasteiger partial charge in [-0.15, -0.1) is 5.10 Å². The minimum absolute atomic E-state index is 0.0476. The van der Waals surface area contributed by atoms with Gasteiger partial charge in [0.2, 0.25) is 5.88 Å². The average Bonchev–Trinajstić information content (AvgIpc) is 3.24. The molecule has 1 saturated carbocycles. The predicted octanol–water partition coefficient (Wildman–Crippen LogP) is 5.07. The standard InChI is InChI=1S/C25H34N4O2/c1-16(19-11-7-6-8-12-19)29-18(3)23(20-13-9-10-14-22(20)29)24(30)26-15-21-17(2)28(4)27-25(21)31-5/h9-10,13-14,16,19H,6-8,11-12,15H2,1-5H3,(H,26,30). The Morgan fingerprint density at radius 2 is 1.90 bits per heavy atom. The Hall–Kier alpha value is -2.76. The third-order valence-electron chi connectivity index (χ3n) is 7.16. The molecule has 1 N–H and O–H groups in total. The van der Waals surface area contributed by atoms with Crippen LogP contribution < -0.4 is 10.1 Å². The first-order valence-corrected chi connectivity index (χ1v) is 11.4. The zero-order chi connectivity index (χ0) is 22.1. The number of methoxy groups -OCH3 is 1. The van der Waals surface area contributed by atoms with E-state index in [1.807, 2.05) is 20.0 Å². The number of amides is 1. The van der Waals surface area contributed by atoms with Gasteiger partial charge in [-0.1, -0.05) is 37.5 Å². The van der Waals surface area contributed by atoms with E-state index in [0.29, 0.717) is 24.4 Å². The van der Waals surface area contributed by atoms with Gasteiger partial charge in [0.05, 0.1) is 24.8 Å². The van der Waals surface area contributed by atoms with Gasteiger partial charge in [0.25, 0.3) is 5.91 Å². The lowest BCUT2D eigenvalue weighted by molar-refractivity contribution is 0.0951. The van der Waals surface area contributed by atoms with E-state index in [0.717, 1.165) is 33.4 Å². The molecule has 1 aromatic carbocycles. The molecule has 6 nitrogen and oxygen atoms in total. The second kappa shape index (κ2) is 8.77. The first-order chi connectivity index (χ1) is 14.9. The predicted molar refractivity (Wildman–Crippen MR) is 124 cm³/mol. The van der Waals surface area contributed by atoms with Crippen LogP contribution in [0.5, 0.6) is 5.88 Å². The van der Waals surface area contributed by atoms with Gasteiger partial charge in [0.1, 0.15) is 0 Å². The van der Waals surface area contributed by atoms with E-state index in [1.165, 1.54) is 32.1 Å². The lowest BCUT2D eigenvalue weighted by Crippen LogP contribution is -2.25. The number of aromatic nitrogens is 3. The van der Waals surface area contributed by atoms with Crippen LogP contribution in [0.1, 0.15) is 72.4 Å². The number of nitrogens with zero attached hydrogens (tertiary/aromatic N) is 3. The summed E-state index contributed by atoms with van der Waals surface area (Å²) in [6, 6.07) is 8.68. The third-order valence-corrected chi connectivity index (χ3v) is 7.16. The molecule has 2 heterocycles. The monoisotopic (exact) mass is 422 g/mol. The first-order valence-electron chi connectivity index (χ1n) is 11.4. The smallest absolute Gasteiger partial charge is 0.254 e. The number of carbonyl (C=O) groups excluding carboxylic acids is 1. The summed E-state index contributed by atoms with van der Waals surface area (Å²) < 4.78 is 9.57.